The van der Waals surface area contributed by atoms with Crippen LogP contribution in [-0.4, -0.2) is 15.9 Å². The van der Waals surface area contributed by atoms with Gasteiger partial charge in [-0.2, -0.15) is 0 Å². The Bertz CT molecular complexity index is 605. The third kappa shape index (κ3) is 4.28. The van der Waals surface area contributed by atoms with E-state index in [4.69, 9.17) is 17.3 Å². The number of carboxylic acids is 1. The molecule has 2 nitrogen and oxygen atoms in total. The Hall–Kier alpha value is -2.00. The minimum Gasteiger partial charge on any atom is -0.477 e. The number of thiocarbonyl (C=S) groups is 1. The SMILES string of the molecule is O=C(O)C(=S)CCc1cccc(Cc2ccccc2)c1. The Kier molecular flexibility index (Phi) is 5.02. The molecule has 0 heterocycles. The lowest BCUT2D eigenvalue weighted by atomic mass is 10.0. The van der Waals surface area contributed by atoms with Crippen LogP contribution in [0.2, 0.25) is 0 Å². The molecule has 1 N–H and O–H groups in total. The predicted molar refractivity (Wildman–Crippen MR) is 84.2 cm³/mol. The number of carbonyl (C=O) groups is 1. The van der Waals surface area contributed by atoms with Crippen molar-refractivity contribution in [2.75, 3.05) is 0 Å². The summed E-state index contributed by atoms with van der Waals surface area (Å²) in [4.78, 5) is 10.8. The zero-order valence-corrected chi connectivity index (χ0v) is 11.9. The fourth-order valence-corrected chi connectivity index (χ4v) is 2.19. The monoisotopic (exact) mass is 284 g/mol. The molecule has 102 valence electrons. The number of hydrogen-bond donors (Lipinski definition) is 1. The maximum atomic E-state index is 10.7. The van der Waals surface area contributed by atoms with Crippen molar-refractivity contribution in [3.05, 3.63) is 71.3 Å². The van der Waals surface area contributed by atoms with Crippen molar-refractivity contribution in [3.63, 3.8) is 0 Å². The summed E-state index contributed by atoms with van der Waals surface area (Å²) in [5, 5.41) is 8.77. The molecule has 0 bridgehead atoms. The minimum absolute atomic E-state index is 0.0958. The fraction of sp³-hybridized carbons (Fsp3) is 0.176. The fourth-order valence-electron chi connectivity index (χ4n) is 2.09. The molecule has 0 spiro atoms. The Morgan fingerprint density at radius 1 is 0.950 bits per heavy atom. The second kappa shape index (κ2) is 6.96. The standard InChI is InChI=1S/C17H16O2S/c18-17(19)16(20)10-9-14-7-4-8-15(12-14)11-13-5-2-1-3-6-13/h1-8,12H,9-11H2,(H,18,19). The van der Waals surface area contributed by atoms with Crippen molar-refractivity contribution in [1.82, 2.24) is 0 Å². The van der Waals surface area contributed by atoms with E-state index in [-0.39, 0.29) is 4.86 Å². The first-order chi connectivity index (χ1) is 9.65. The van der Waals surface area contributed by atoms with Gasteiger partial charge < -0.3 is 5.11 Å². The maximum absolute atomic E-state index is 10.7. The molecule has 2 aromatic carbocycles. The van der Waals surface area contributed by atoms with Crippen LogP contribution in [0.4, 0.5) is 0 Å². The second-order valence-corrected chi connectivity index (χ2v) is 5.20. The smallest absolute Gasteiger partial charge is 0.342 e. The molecule has 0 aromatic heterocycles. The molecular formula is C17H16O2S. The van der Waals surface area contributed by atoms with E-state index in [0.29, 0.717) is 12.8 Å². The molecule has 0 saturated heterocycles. The van der Waals surface area contributed by atoms with E-state index in [1.807, 2.05) is 30.3 Å². The summed E-state index contributed by atoms with van der Waals surface area (Å²) in [6.07, 6.45) is 1.98. The number of hydrogen-bond acceptors (Lipinski definition) is 2. The number of carboxylic acid groups (broad SMARTS) is 1. The van der Waals surface area contributed by atoms with Crippen LogP contribution in [0.1, 0.15) is 23.1 Å². The molecule has 0 fully saturated rings. The lowest BCUT2D eigenvalue weighted by Gasteiger charge is -2.05. The Morgan fingerprint density at radius 2 is 1.60 bits per heavy atom. The summed E-state index contributed by atoms with van der Waals surface area (Å²) in [7, 11) is 0. The van der Waals surface area contributed by atoms with Crippen molar-refractivity contribution in [2.24, 2.45) is 0 Å². The molecule has 0 aliphatic rings. The van der Waals surface area contributed by atoms with Crippen LogP contribution in [0.3, 0.4) is 0 Å². The van der Waals surface area contributed by atoms with Gasteiger partial charge in [-0.05, 0) is 36.0 Å². The van der Waals surface area contributed by atoms with E-state index in [2.05, 4.69) is 24.3 Å². The van der Waals surface area contributed by atoms with Gasteiger partial charge >= 0.3 is 5.97 Å². The Balaban J connectivity index is 2.01. The molecule has 3 heteroatoms. The number of aryl methyl sites for hydroxylation is 1. The van der Waals surface area contributed by atoms with Gasteiger partial charge in [0.2, 0.25) is 0 Å². The van der Waals surface area contributed by atoms with Gasteiger partial charge in [0, 0.05) is 0 Å². The third-order valence-electron chi connectivity index (χ3n) is 3.12. The van der Waals surface area contributed by atoms with E-state index < -0.39 is 5.97 Å². The van der Waals surface area contributed by atoms with E-state index in [9.17, 15) is 4.79 Å². The lowest BCUT2D eigenvalue weighted by molar-refractivity contribution is -0.129. The van der Waals surface area contributed by atoms with Crippen LogP contribution in [0.25, 0.3) is 0 Å². The van der Waals surface area contributed by atoms with E-state index in [1.54, 1.807) is 0 Å². The van der Waals surface area contributed by atoms with Crippen LogP contribution in [-0.2, 0) is 17.6 Å². The van der Waals surface area contributed by atoms with Crippen molar-refractivity contribution < 1.29 is 9.90 Å². The molecule has 2 rings (SSSR count). The van der Waals surface area contributed by atoms with Crippen molar-refractivity contribution in [1.29, 1.82) is 0 Å². The van der Waals surface area contributed by atoms with Gasteiger partial charge in [-0.3, -0.25) is 0 Å². The van der Waals surface area contributed by atoms with Gasteiger partial charge in [0.1, 0.15) is 4.86 Å². The Labute approximate surface area is 124 Å². The summed E-state index contributed by atoms with van der Waals surface area (Å²) in [6, 6.07) is 18.5. The summed E-state index contributed by atoms with van der Waals surface area (Å²) in [5.41, 5.74) is 3.63. The average Bonchev–Trinajstić information content (AvgIpc) is 2.46. The van der Waals surface area contributed by atoms with Crippen LogP contribution in [0.5, 0.6) is 0 Å². The van der Waals surface area contributed by atoms with Crippen LogP contribution in [0, 0.1) is 0 Å². The van der Waals surface area contributed by atoms with Crippen molar-refractivity contribution in [3.8, 4) is 0 Å². The summed E-state index contributed by atoms with van der Waals surface area (Å²) >= 11 is 4.82. The minimum atomic E-state index is -0.986. The van der Waals surface area contributed by atoms with Gasteiger partial charge in [-0.15, -0.1) is 0 Å². The van der Waals surface area contributed by atoms with Gasteiger partial charge in [0.15, 0.2) is 0 Å². The van der Waals surface area contributed by atoms with E-state index >= 15 is 0 Å². The first-order valence-electron chi connectivity index (χ1n) is 6.53. The third-order valence-corrected chi connectivity index (χ3v) is 3.50. The molecule has 0 atom stereocenters. The first kappa shape index (κ1) is 14.4. The van der Waals surface area contributed by atoms with Gasteiger partial charge in [-0.25, -0.2) is 4.79 Å². The highest BCUT2D eigenvalue weighted by atomic mass is 32.1. The van der Waals surface area contributed by atoms with Crippen LogP contribution < -0.4 is 0 Å². The molecular weight excluding hydrogens is 268 g/mol. The average molecular weight is 284 g/mol. The summed E-state index contributed by atoms with van der Waals surface area (Å²) in [6.45, 7) is 0. The molecule has 0 amide bonds. The Morgan fingerprint density at radius 3 is 2.30 bits per heavy atom. The first-order valence-corrected chi connectivity index (χ1v) is 6.94. The van der Waals surface area contributed by atoms with Crippen molar-refractivity contribution >= 4 is 23.1 Å². The van der Waals surface area contributed by atoms with E-state index in [0.717, 1.165) is 12.0 Å². The van der Waals surface area contributed by atoms with Crippen LogP contribution >= 0.6 is 12.2 Å². The molecule has 0 radical (unpaired) electrons. The van der Waals surface area contributed by atoms with Gasteiger partial charge in [0.05, 0.1) is 0 Å². The predicted octanol–water partition coefficient (Wildman–Crippen LogP) is 3.66. The highest BCUT2D eigenvalue weighted by Gasteiger charge is 2.06. The number of rotatable bonds is 6. The summed E-state index contributed by atoms with van der Waals surface area (Å²) < 4.78 is 0. The zero-order valence-electron chi connectivity index (χ0n) is 11.1. The maximum Gasteiger partial charge on any atom is 0.342 e. The van der Waals surface area contributed by atoms with Gasteiger partial charge in [-0.1, -0.05) is 66.8 Å². The number of aliphatic carboxylic acids is 1. The normalized spacial score (nSPS) is 10.2. The molecule has 0 aliphatic carbocycles. The largest absolute Gasteiger partial charge is 0.477 e. The van der Waals surface area contributed by atoms with Gasteiger partial charge in [0.25, 0.3) is 0 Å². The molecule has 0 unspecified atom stereocenters. The highest BCUT2D eigenvalue weighted by Crippen LogP contribution is 2.13. The molecule has 0 aliphatic heterocycles. The van der Waals surface area contributed by atoms with Crippen LogP contribution in [0.15, 0.2) is 54.6 Å². The topological polar surface area (TPSA) is 37.3 Å². The van der Waals surface area contributed by atoms with Crippen molar-refractivity contribution in [2.45, 2.75) is 19.3 Å². The lowest BCUT2D eigenvalue weighted by Crippen LogP contribution is -2.10. The zero-order chi connectivity index (χ0) is 14.4. The van der Waals surface area contributed by atoms with E-state index in [1.165, 1.54) is 11.1 Å². The summed E-state index contributed by atoms with van der Waals surface area (Å²) in [5.74, 6) is -0.986. The number of benzene rings is 2. The highest BCUT2D eigenvalue weighted by molar-refractivity contribution is 7.82. The molecule has 0 saturated carbocycles. The molecule has 2 aromatic rings. The quantitative estimate of drug-likeness (QED) is 0.822. The molecule has 20 heavy (non-hydrogen) atoms. The second-order valence-electron chi connectivity index (χ2n) is 4.71.